The maximum absolute atomic E-state index is 15.1. The third-order valence-corrected chi connectivity index (χ3v) is 9.46. The SMILES string of the molecule is C[C@@]1(C(N)=O)CCCN1C(O)c1ccc(-c2ccc(OCC3CCN(CC4(C(F)(F)F)CCC4)CC3)cn2)c(F)c1. The number of carbonyl (C=O) groups is 1. The lowest BCUT2D eigenvalue weighted by molar-refractivity contribution is -0.256. The van der Waals surface area contributed by atoms with Crippen molar-refractivity contribution in [2.24, 2.45) is 17.1 Å². The van der Waals surface area contributed by atoms with Crippen molar-refractivity contribution in [1.82, 2.24) is 14.8 Å². The molecule has 2 aromatic rings. The van der Waals surface area contributed by atoms with Gasteiger partial charge in [-0.2, -0.15) is 13.2 Å². The largest absolute Gasteiger partial charge is 0.492 e. The molecule has 3 aliphatic rings. The van der Waals surface area contributed by atoms with Crippen LogP contribution in [0.2, 0.25) is 0 Å². The molecule has 1 amide bonds. The molecule has 7 nitrogen and oxygen atoms in total. The summed E-state index contributed by atoms with van der Waals surface area (Å²) < 4.78 is 61.5. The van der Waals surface area contributed by atoms with Gasteiger partial charge in [0, 0.05) is 18.7 Å². The number of aliphatic hydroxyl groups is 1. The molecule has 0 radical (unpaired) electrons. The number of aromatic nitrogens is 1. The number of likely N-dealkylation sites (tertiary alicyclic amines) is 2. The molecule has 2 saturated heterocycles. The smallest absolute Gasteiger partial charge is 0.395 e. The number of halogens is 4. The van der Waals surface area contributed by atoms with E-state index in [1.54, 1.807) is 36.1 Å². The van der Waals surface area contributed by atoms with E-state index in [1.807, 2.05) is 4.90 Å². The van der Waals surface area contributed by atoms with Crippen LogP contribution in [-0.2, 0) is 4.79 Å². The second-order valence-corrected chi connectivity index (χ2v) is 12.1. The van der Waals surface area contributed by atoms with E-state index in [1.165, 1.54) is 12.3 Å². The fourth-order valence-corrected chi connectivity index (χ4v) is 6.43. The normalized spacial score (nSPS) is 24.6. The first-order valence-electron chi connectivity index (χ1n) is 14.3. The van der Waals surface area contributed by atoms with E-state index in [9.17, 15) is 23.1 Å². The lowest BCUT2D eigenvalue weighted by atomic mass is 9.67. The van der Waals surface area contributed by atoms with E-state index in [0.29, 0.717) is 62.5 Å². The number of piperidine rings is 1. The zero-order chi connectivity index (χ0) is 29.4. The van der Waals surface area contributed by atoms with Crippen LogP contribution in [0.1, 0.15) is 63.7 Å². The average molecular weight is 579 g/mol. The van der Waals surface area contributed by atoms with Gasteiger partial charge in [-0.05, 0) is 94.3 Å². The summed E-state index contributed by atoms with van der Waals surface area (Å²) in [6, 6.07) is 7.79. The summed E-state index contributed by atoms with van der Waals surface area (Å²) in [5.74, 6) is -0.291. The minimum Gasteiger partial charge on any atom is -0.492 e. The van der Waals surface area contributed by atoms with E-state index in [4.69, 9.17) is 10.5 Å². The number of hydrogen-bond donors (Lipinski definition) is 2. The lowest BCUT2D eigenvalue weighted by Crippen LogP contribution is -2.53. The fraction of sp³-hybridized carbons (Fsp3) is 0.600. The van der Waals surface area contributed by atoms with Crippen LogP contribution in [0.3, 0.4) is 0 Å². The highest BCUT2D eigenvalue weighted by molar-refractivity contribution is 5.84. The number of nitrogens with two attached hydrogens (primary N) is 1. The quantitative estimate of drug-likeness (QED) is 0.405. The summed E-state index contributed by atoms with van der Waals surface area (Å²) in [6.07, 6.45) is 0.111. The molecule has 2 atom stereocenters. The van der Waals surface area contributed by atoms with Gasteiger partial charge in [-0.3, -0.25) is 14.7 Å². The summed E-state index contributed by atoms with van der Waals surface area (Å²) in [6.45, 7) is 3.97. The Hall–Kier alpha value is -2.76. The molecule has 3 N–H and O–H groups in total. The Kier molecular flexibility index (Phi) is 8.33. The van der Waals surface area contributed by atoms with Gasteiger partial charge in [0.1, 0.15) is 17.8 Å². The molecular weight excluding hydrogens is 540 g/mol. The number of nitrogens with zero attached hydrogens (tertiary/aromatic N) is 3. The minimum atomic E-state index is -4.14. The van der Waals surface area contributed by atoms with Crippen LogP contribution in [0.5, 0.6) is 5.75 Å². The number of aliphatic hydroxyl groups excluding tert-OH is 1. The molecule has 11 heteroatoms. The van der Waals surface area contributed by atoms with Gasteiger partial charge in [0.15, 0.2) is 0 Å². The van der Waals surface area contributed by atoms with Crippen molar-refractivity contribution >= 4 is 5.91 Å². The molecule has 3 heterocycles. The number of ether oxygens (including phenoxy) is 1. The van der Waals surface area contributed by atoms with E-state index in [-0.39, 0.29) is 30.9 Å². The number of carbonyl (C=O) groups excluding carboxylic acids is 1. The molecule has 3 fully saturated rings. The van der Waals surface area contributed by atoms with Crippen LogP contribution in [0.15, 0.2) is 36.5 Å². The molecule has 41 heavy (non-hydrogen) atoms. The summed E-state index contributed by atoms with van der Waals surface area (Å²) in [7, 11) is 0. The molecule has 2 aliphatic heterocycles. The second-order valence-electron chi connectivity index (χ2n) is 12.1. The number of primary amides is 1. The molecule has 1 aromatic carbocycles. The number of pyridine rings is 1. The Balaban J connectivity index is 1.13. The first-order chi connectivity index (χ1) is 19.4. The molecule has 0 spiro atoms. The molecule has 1 aliphatic carbocycles. The summed E-state index contributed by atoms with van der Waals surface area (Å²) in [4.78, 5) is 19.9. The van der Waals surface area contributed by atoms with Crippen LogP contribution in [0.25, 0.3) is 11.3 Å². The molecule has 1 saturated carbocycles. The van der Waals surface area contributed by atoms with Crippen LogP contribution in [-0.4, -0.2) is 70.3 Å². The Morgan fingerprint density at radius 3 is 2.44 bits per heavy atom. The highest BCUT2D eigenvalue weighted by atomic mass is 19.4. The monoisotopic (exact) mass is 578 g/mol. The predicted molar refractivity (Wildman–Crippen MR) is 145 cm³/mol. The van der Waals surface area contributed by atoms with E-state index >= 15 is 4.39 Å². The van der Waals surface area contributed by atoms with Crippen molar-refractivity contribution < 1.29 is 32.2 Å². The maximum Gasteiger partial charge on any atom is 0.395 e. The number of amides is 1. The Morgan fingerprint density at radius 1 is 1.15 bits per heavy atom. The van der Waals surface area contributed by atoms with Gasteiger partial charge >= 0.3 is 6.18 Å². The fourth-order valence-electron chi connectivity index (χ4n) is 6.43. The van der Waals surface area contributed by atoms with Crippen molar-refractivity contribution in [3.05, 3.63) is 47.9 Å². The van der Waals surface area contributed by atoms with Gasteiger partial charge in [-0.15, -0.1) is 0 Å². The number of benzene rings is 1. The highest BCUT2D eigenvalue weighted by Gasteiger charge is 2.58. The molecule has 1 aromatic heterocycles. The number of rotatable bonds is 9. The van der Waals surface area contributed by atoms with Crippen LogP contribution < -0.4 is 10.5 Å². The standard InChI is InChI=1S/C30H38F4N4O3/c1-28(27(35)40)10-3-13-38(28)26(39)21-4-6-23(24(31)16-21)25-7-5-22(17-36-25)41-18-20-8-14-37(15-9-20)19-29(11-2-12-29)30(32,33)34/h4-7,16-17,20,26,39H,2-3,8-15,18-19H2,1H3,(H2,35,40)/t26?,28-/m0/s1. The molecule has 0 bridgehead atoms. The maximum atomic E-state index is 15.1. The first kappa shape index (κ1) is 29.7. The lowest BCUT2D eigenvalue weighted by Gasteiger charge is -2.47. The van der Waals surface area contributed by atoms with Gasteiger partial charge in [0.25, 0.3) is 0 Å². The van der Waals surface area contributed by atoms with Crippen molar-refractivity contribution in [2.75, 3.05) is 32.8 Å². The van der Waals surface area contributed by atoms with Gasteiger partial charge in [-0.25, -0.2) is 4.39 Å². The van der Waals surface area contributed by atoms with Gasteiger partial charge < -0.3 is 20.5 Å². The molecular formula is C30H38F4N4O3. The van der Waals surface area contributed by atoms with Crippen LogP contribution >= 0.6 is 0 Å². The minimum absolute atomic E-state index is 0.0942. The average Bonchev–Trinajstić information content (AvgIpc) is 3.32. The number of hydrogen-bond acceptors (Lipinski definition) is 6. The van der Waals surface area contributed by atoms with Crippen molar-refractivity contribution in [3.63, 3.8) is 0 Å². The first-order valence-corrected chi connectivity index (χ1v) is 14.3. The molecule has 224 valence electrons. The van der Waals surface area contributed by atoms with Crippen molar-refractivity contribution in [1.29, 1.82) is 0 Å². The zero-order valence-electron chi connectivity index (χ0n) is 23.3. The zero-order valence-corrected chi connectivity index (χ0v) is 23.3. The topological polar surface area (TPSA) is 91.9 Å². The third kappa shape index (κ3) is 5.94. The summed E-state index contributed by atoms with van der Waals surface area (Å²) >= 11 is 0. The van der Waals surface area contributed by atoms with Gasteiger partial charge in [0.05, 0.1) is 29.5 Å². The Morgan fingerprint density at radius 2 is 1.88 bits per heavy atom. The van der Waals surface area contributed by atoms with E-state index in [2.05, 4.69) is 4.98 Å². The Labute approximate surface area is 237 Å². The number of alkyl halides is 3. The summed E-state index contributed by atoms with van der Waals surface area (Å²) in [5, 5.41) is 10.9. The van der Waals surface area contributed by atoms with Crippen molar-refractivity contribution in [3.8, 4) is 17.0 Å². The Bertz CT molecular complexity index is 1230. The highest BCUT2D eigenvalue weighted by Crippen LogP contribution is 2.53. The van der Waals surface area contributed by atoms with Gasteiger partial charge in [-0.1, -0.05) is 12.5 Å². The predicted octanol–water partition coefficient (Wildman–Crippen LogP) is 5.04. The van der Waals surface area contributed by atoms with Crippen molar-refractivity contribution in [2.45, 2.75) is 69.8 Å². The van der Waals surface area contributed by atoms with E-state index in [0.717, 1.165) is 12.8 Å². The summed E-state index contributed by atoms with van der Waals surface area (Å²) in [5.41, 5.74) is 4.05. The van der Waals surface area contributed by atoms with Crippen LogP contribution in [0, 0.1) is 17.2 Å². The third-order valence-electron chi connectivity index (χ3n) is 9.46. The molecule has 5 rings (SSSR count). The molecule has 1 unspecified atom stereocenters. The van der Waals surface area contributed by atoms with Gasteiger partial charge in [0.2, 0.25) is 5.91 Å². The second kappa shape index (κ2) is 11.5. The van der Waals surface area contributed by atoms with E-state index < -0.39 is 35.1 Å². The van der Waals surface area contributed by atoms with Crippen LogP contribution in [0.4, 0.5) is 17.6 Å².